The summed E-state index contributed by atoms with van der Waals surface area (Å²) in [5.41, 5.74) is 1.11. The lowest BCUT2D eigenvalue weighted by Gasteiger charge is -2.07. The van der Waals surface area contributed by atoms with Crippen LogP contribution in [0.4, 0.5) is 5.69 Å². The monoisotopic (exact) mass is 460 g/mol. The molecule has 150 valence electrons. The van der Waals surface area contributed by atoms with Gasteiger partial charge in [-0.2, -0.15) is 0 Å². The zero-order valence-corrected chi connectivity index (χ0v) is 18.1. The molecule has 0 unspecified atom stereocenters. The van der Waals surface area contributed by atoms with Gasteiger partial charge in [0.15, 0.2) is 0 Å². The maximum atomic E-state index is 12.0. The summed E-state index contributed by atoms with van der Waals surface area (Å²) in [5.74, 6) is -0.245. The SMILES string of the molecule is O=C(CCCCCCNC(=O)c1ccc(Cl)c(Cl)c1)Nc1ccc(Cl)c(Cl)c1. The fraction of sp³-hybridized carbons (Fsp3) is 0.300. The molecule has 0 saturated heterocycles. The number of hydrogen-bond acceptors (Lipinski definition) is 2. The number of nitrogens with one attached hydrogen (secondary N) is 2. The van der Waals surface area contributed by atoms with Crippen LogP contribution in [0.1, 0.15) is 42.5 Å². The summed E-state index contributed by atoms with van der Waals surface area (Å²) in [5, 5.41) is 7.27. The van der Waals surface area contributed by atoms with E-state index in [1.165, 1.54) is 0 Å². The second-order valence-electron chi connectivity index (χ2n) is 6.23. The molecule has 8 heteroatoms. The van der Waals surface area contributed by atoms with Crippen LogP contribution in [0.3, 0.4) is 0 Å². The van der Waals surface area contributed by atoms with E-state index in [9.17, 15) is 9.59 Å². The van der Waals surface area contributed by atoms with Gasteiger partial charge in [-0.15, -0.1) is 0 Å². The summed E-state index contributed by atoms with van der Waals surface area (Å²) in [7, 11) is 0. The van der Waals surface area contributed by atoms with Crippen LogP contribution in [0.15, 0.2) is 36.4 Å². The Hall–Kier alpha value is -1.46. The van der Waals surface area contributed by atoms with Crippen LogP contribution in [0.5, 0.6) is 0 Å². The summed E-state index contributed by atoms with van der Waals surface area (Å²) in [4.78, 5) is 24.0. The van der Waals surface area contributed by atoms with Crippen LogP contribution < -0.4 is 10.6 Å². The fourth-order valence-corrected chi connectivity index (χ4v) is 3.10. The molecule has 0 aliphatic heterocycles. The topological polar surface area (TPSA) is 58.2 Å². The Morgan fingerprint density at radius 2 is 1.39 bits per heavy atom. The molecule has 0 atom stereocenters. The number of carbonyl (C=O) groups excluding carboxylic acids is 2. The van der Waals surface area contributed by atoms with E-state index in [-0.39, 0.29) is 11.8 Å². The van der Waals surface area contributed by atoms with E-state index in [1.807, 2.05) is 0 Å². The van der Waals surface area contributed by atoms with Gasteiger partial charge >= 0.3 is 0 Å². The Balaban J connectivity index is 1.57. The minimum atomic E-state index is -0.181. The number of benzene rings is 2. The van der Waals surface area contributed by atoms with Crippen LogP contribution in [0, 0.1) is 0 Å². The summed E-state index contributed by atoms with van der Waals surface area (Å²) in [6, 6.07) is 9.76. The van der Waals surface area contributed by atoms with E-state index in [4.69, 9.17) is 46.4 Å². The van der Waals surface area contributed by atoms with Gasteiger partial charge < -0.3 is 10.6 Å². The highest BCUT2D eigenvalue weighted by Gasteiger charge is 2.08. The third kappa shape index (κ3) is 7.51. The molecule has 4 nitrogen and oxygen atoms in total. The highest BCUT2D eigenvalue weighted by molar-refractivity contribution is 6.42. The van der Waals surface area contributed by atoms with E-state index in [0.29, 0.717) is 44.3 Å². The van der Waals surface area contributed by atoms with Crippen LogP contribution in [0.25, 0.3) is 0 Å². The molecule has 0 aliphatic rings. The zero-order valence-electron chi connectivity index (χ0n) is 15.0. The molecule has 0 aromatic heterocycles. The van der Waals surface area contributed by atoms with E-state index in [0.717, 1.165) is 25.7 Å². The van der Waals surface area contributed by atoms with Crippen LogP contribution in [-0.4, -0.2) is 18.4 Å². The first-order valence-electron chi connectivity index (χ1n) is 8.85. The molecule has 2 rings (SSSR count). The lowest BCUT2D eigenvalue weighted by molar-refractivity contribution is -0.116. The van der Waals surface area contributed by atoms with Crippen molar-refractivity contribution in [3.8, 4) is 0 Å². The molecule has 0 heterocycles. The van der Waals surface area contributed by atoms with Crippen LogP contribution in [-0.2, 0) is 4.79 Å². The molecule has 2 amide bonds. The second kappa shape index (κ2) is 11.5. The normalized spacial score (nSPS) is 10.6. The lowest BCUT2D eigenvalue weighted by Crippen LogP contribution is -2.24. The molecular formula is C20H20Cl4N2O2. The van der Waals surface area contributed by atoms with Crippen molar-refractivity contribution in [3.63, 3.8) is 0 Å². The van der Waals surface area contributed by atoms with Crippen molar-refractivity contribution in [2.45, 2.75) is 32.1 Å². The van der Waals surface area contributed by atoms with Gasteiger partial charge in [0.1, 0.15) is 0 Å². The van der Waals surface area contributed by atoms with Gasteiger partial charge in [-0.1, -0.05) is 59.2 Å². The average molecular weight is 462 g/mol. The largest absolute Gasteiger partial charge is 0.352 e. The van der Waals surface area contributed by atoms with Crippen molar-refractivity contribution in [2.75, 3.05) is 11.9 Å². The van der Waals surface area contributed by atoms with Gasteiger partial charge in [0, 0.05) is 24.2 Å². The molecule has 0 radical (unpaired) electrons. The predicted molar refractivity (Wildman–Crippen MR) is 117 cm³/mol. The molecule has 2 aromatic carbocycles. The smallest absolute Gasteiger partial charge is 0.251 e. The Kier molecular flexibility index (Phi) is 9.39. The van der Waals surface area contributed by atoms with Crippen molar-refractivity contribution >= 4 is 63.9 Å². The quantitative estimate of drug-likeness (QED) is 0.412. The van der Waals surface area contributed by atoms with E-state index in [2.05, 4.69) is 10.6 Å². The fourth-order valence-electron chi connectivity index (χ4n) is 2.50. The maximum Gasteiger partial charge on any atom is 0.251 e. The van der Waals surface area contributed by atoms with Gasteiger partial charge in [-0.05, 0) is 49.2 Å². The Morgan fingerprint density at radius 3 is 2.07 bits per heavy atom. The minimum Gasteiger partial charge on any atom is -0.352 e. The van der Waals surface area contributed by atoms with Gasteiger partial charge in [0.2, 0.25) is 5.91 Å². The summed E-state index contributed by atoms with van der Waals surface area (Å²) in [6.45, 7) is 0.564. The molecule has 0 bridgehead atoms. The first-order valence-corrected chi connectivity index (χ1v) is 10.4. The van der Waals surface area contributed by atoms with E-state index < -0.39 is 0 Å². The number of amides is 2. The molecule has 2 N–H and O–H groups in total. The first kappa shape index (κ1) is 22.8. The third-order valence-electron chi connectivity index (χ3n) is 4.00. The lowest BCUT2D eigenvalue weighted by atomic mass is 10.1. The summed E-state index contributed by atoms with van der Waals surface area (Å²) in [6.07, 6.45) is 3.85. The molecule has 0 fully saturated rings. The van der Waals surface area contributed by atoms with Crippen molar-refractivity contribution in [3.05, 3.63) is 62.1 Å². The van der Waals surface area contributed by atoms with Crippen molar-refractivity contribution in [2.24, 2.45) is 0 Å². The number of anilines is 1. The number of carbonyl (C=O) groups is 2. The van der Waals surface area contributed by atoms with Crippen molar-refractivity contribution < 1.29 is 9.59 Å². The first-order chi connectivity index (χ1) is 13.4. The van der Waals surface area contributed by atoms with Crippen molar-refractivity contribution in [1.82, 2.24) is 5.32 Å². The average Bonchev–Trinajstić information content (AvgIpc) is 2.66. The van der Waals surface area contributed by atoms with E-state index in [1.54, 1.807) is 36.4 Å². The Morgan fingerprint density at radius 1 is 0.750 bits per heavy atom. The molecule has 2 aromatic rings. The highest BCUT2D eigenvalue weighted by atomic mass is 35.5. The number of unbranched alkanes of at least 4 members (excludes halogenated alkanes) is 3. The molecule has 0 aliphatic carbocycles. The second-order valence-corrected chi connectivity index (χ2v) is 7.85. The predicted octanol–water partition coefficient (Wildman–Crippen LogP) is 6.62. The molecular weight excluding hydrogens is 442 g/mol. The van der Waals surface area contributed by atoms with Gasteiger partial charge in [0.05, 0.1) is 20.1 Å². The highest BCUT2D eigenvalue weighted by Crippen LogP contribution is 2.25. The summed E-state index contributed by atoms with van der Waals surface area (Å²) < 4.78 is 0. The molecule has 0 saturated carbocycles. The Labute approximate surface area is 184 Å². The van der Waals surface area contributed by atoms with Gasteiger partial charge in [-0.25, -0.2) is 0 Å². The van der Waals surface area contributed by atoms with Crippen molar-refractivity contribution in [1.29, 1.82) is 0 Å². The zero-order chi connectivity index (χ0) is 20.5. The van der Waals surface area contributed by atoms with Gasteiger partial charge in [-0.3, -0.25) is 9.59 Å². The number of rotatable bonds is 9. The third-order valence-corrected chi connectivity index (χ3v) is 5.48. The molecule has 0 spiro atoms. The number of hydrogen-bond donors (Lipinski definition) is 2. The summed E-state index contributed by atoms with van der Waals surface area (Å²) >= 11 is 23.5. The maximum absolute atomic E-state index is 12.0. The van der Waals surface area contributed by atoms with E-state index >= 15 is 0 Å². The standard InChI is InChI=1S/C20H20Cl4N2O2/c21-15-8-6-13(11-17(15)23)20(28)25-10-4-2-1-3-5-19(27)26-14-7-9-16(22)18(24)12-14/h6-9,11-12H,1-5,10H2,(H,25,28)(H,26,27). The van der Waals surface area contributed by atoms with Crippen LogP contribution >= 0.6 is 46.4 Å². The minimum absolute atomic E-state index is 0.0636. The number of halogens is 4. The molecule has 28 heavy (non-hydrogen) atoms. The van der Waals surface area contributed by atoms with Crippen LogP contribution in [0.2, 0.25) is 20.1 Å². The van der Waals surface area contributed by atoms with Gasteiger partial charge in [0.25, 0.3) is 5.91 Å². The Bertz CT molecular complexity index is 843.